The predicted molar refractivity (Wildman–Crippen MR) is 103 cm³/mol. The minimum absolute atomic E-state index is 0.288. The quantitative estimate of drug-likeness (QED) is 0.678. The number of aromatic nitrogens is 2. The summed E-state index contributed by atoms with van der Waals surface area (Å²) < 4.78 is 11.3. The van der Waals surface area contributed by atoms with E-state index in [1.165, 1.54) is 12.4 Å². The number of anilines is 3. The number of pyridine rings is 2. The number of rotatable bonds is 5. The van der Waals surface area contributed by atoms with Crippen LogP contribution in [0, 0.1) is 0 Å². The molecule has 138 valence electrons. The van der Waals surface area contributed by atoms with Gasteiger partial charge in [0, 0.05) is 38.2 Å². The lowest BCUT2D eigenvalue weighted by Crippen LogP contribution is -2.36. The first-order valence-electron chi connectivity index (χ1n) is 8.14. The molecular formula is C17H21ClN6O2. The summed E-state index contributed by atoms with van der Waals surface area (Å²) in [7, 11) is 1.70. The first-order chi connectivity index (χ1) is 12.6. The normalized spacial score (nSPS) is 15.0. The van der Waals surface area contributed by atoms with Crippen LogP contribution in [0.1, 0.15) is 5.69 Å². The highest BCUT2D eigenvalue weighted by molar-refractivity contribution is 6.35. The van der Waals surface area contributed by atoms with Gasteiger partial charge in [-0.1, -0.05) is 11.6 Å². The van der Waals surface area contributed by atoms with E-state index in [0.29, 0.717) is 41.1 Å². The van der Waals surface area contributed by atoms with Gasteiger partial charge in [-0.15, -0.1) is 0 Å². The fourth-order valence-electron chi connectivity index (χ4n) is 2.66. The molecule has 0 aromatic carbocycles. The second kappa shape index (κ2) is 8.11. The molecular weight excluding hydrogens is 356 g/mol. The molecule has 5 N–H and O–H groups in total. The zero-order chi connectivity index (χ0) is 18.5. The summed E-state index contributed by atoms with van der Waals surface area (Å²) in [6.07, 6.45) is 4.51. The van der Waals surface area contributed by atoms with Crippen molar-refractivity contribution in [3.63, 3.8) is 0 Å². The number of hydrogen-bond donors (Lipinski definition) is 3. The molecule has 0 atom stereocenters. The van der Waals surface area contributed by atoms with Gasteiger partial charge in [0.05, 0.1) is 25.1 Å². The molecule has 0 radical (unpaired) electrons. The van der Waals surface area contributed by atoms with Crippen molar-refractivity contribution in [2.24, 2.45) is 5.73 Å². The maximum Gasteiger partial charge on any atom is 0.168 e. The molecule has 0 aliphatic carbocycles. The zero-order valence-corrected chi connectivity index (χ0v) is 15.2. The largest absolute Gasteiger partial charge is 0.450 e. The minimum Gasteiger partial charge on any atom is -0.450 e. The van der Waals surface area contributed by atoms with Crippen LogP contribution in [-0.2, 0) is 4.74 Å². The first kappa shape index (κ1) is 18.1. The highest BCUT2D eigenvalue weighted by Crippen LogP contribution is 2.36. The van der Waals surface area contributed by atoms with Gasteiger partial charge < -0.3 is 31.2 Å². The van der Waals surface area contributed by atoms with E-state index in [0.717, 1.165) is 18.8 Å². The highest BCUT2D eigenvalue weighted by Gasteiger charge is 2.16. The van der Waals surface area contributed by atoms with E-state index in [4.69, 9.17) is 32.5 Å². The Labute approximate surface area is 156 Å². The van der Waals surface area contributed by atoms with Crippen molar-refractivity contribution in [2.75, 3.05) is 49.3 Å². The van der Waals surface area contributed by atoms with Gasteiger partial charge >= 0.3 is 0 Å². The number of nitrogens with one attached hydrogen (secondary N) is 1. The molecule has 2 aromatic heterocycles. The van der Waals surface area contributed by atoms with Gasteiger partial charge in [0.2, 0.25) is 0 Å². The number of ether oxygens (including phenoxy) is 2. The zero-order valence-electron chi connectivity index (χ0n) is 14.4. The van der Waals surface area contributed by atoms with Gasteiger partial charge in [-0.05, 0) is 12.1 Å². The summed E-state index contributed by atoms with van der Waals surface area (Å²) in [6, 6.07) is 3.86. The number of morpholine rings is 1. The Morgan fingerprint density at radius 1 is 1.38 bits per heavy atom. The van der Waals surface area contributed by atoms with Crippen molar-refractivity contribution >= 4 is 34.6 Å². The molecule has 3 heterocycles. The van der Waals surface area contributed by atoms with Crippen molar-refractivity contribution in [1.82, 2.24) is 9.97 Å². The van der Waals surface area contributed by atoms with Gasteiger partial charge in [0.15, 0.2) is 11.5 Å². The standard InChI is InChI=1S/C17H21ClN6O2/c1-21-16-15(18)14(10-23-17(16)20)26-13(9-19)12-8-11(2-3-22-12)24-4-6-25-7-5-24/h2-3,8-10,21H,4-7,19H2,1H3,(H2,20,23)/b13-9+. The van der Waals surface area contributed by atoms with Crippen LogP contribution in [0.2, 0.25) is 5.02 Å². The van der Waals surface area contributed by atoms with E-state index in [-0.39, 0.29) is 5.82 Å². The van der Waals surface area contributed by atoms with Crippen molar-refractivity contribution in [3.8, 4) is 5.75 Å². The molecule has 2 aromatic rings. The van der Waals surface area contributed by atoms with Crippen LogP contribution in [-0.4, -0.2) is 43.3 Å². The monoisotopic (exact) mass is 376 g/mol. The Hall–Kier alpha value is -2.71. The lowest BCUT2D eigenvalue weighted by Gasteiger charge is -2.29. The minimum atomic E-state index is 0.288. The number of hydrogen-bond acceptors (Lipinski definition) is 8. The second-order valence-corrected chi connectivity index (χ2v) is 5.96. The van der Waals surface area contributed by atoms with E-state index in [2.05, 4.69) is 20.2 Å². The van der Waals surface area contributed by atoms with Crippen LogP contribution in [0.3, 0.4) is 0 Å². The Balaban J connectivity index is 1.86. The average Bonchev–Trinajstić information content (AvgIpc) is 2.69. The van der Waals surface area contributed by atoms with Gasteiger partial charge in [-0.3, -0.25) is 4.98 Å². The Morgan fingerprint density at radius 3 is 2.85 bits per heavy atom. The molecule has 0 saturated carbocycles. The highest BCUT2D eigenvalue weighted by atomic mass is 35.5. The Morgan fingerprint density at radius 2 is 2.15 bits per heavy atom. The van der Waals surface area contributed by atoms with Crippen molar-refractivity contribution < 1.29 is 9.47 Å². The van der Waals surface area contributed by atoms with Crippen molar-refractivity contribution in [3.05, 3.63) is 41.4 Å². The molecule has 3 rings (SSSR count). The first-order valence-corrected chi connectivity index (χ1v) is 8.52. The van der Waals surface area contributed by atoms with E-state index in [1.807, 2.05) is 12.1 Å². The lowest BCUT2D eigenvalue weighted by atomic mass is 10.2. The molecule has 1 saturated heterocycles. The molecule has 1 fully saturated rings. The van der Waals surface area contributed by atoms with Crippen LogP contribution >= 0.6 is 11.6 Å². The van der Waals surface area contributed by atoms with Crippen molar-refractivity contribution in [2.45, 2.75) is 0 Å². The number of nitrogens with two attached hydrogens (primary N) is 2. The van der Waals surface area contributed by atoms with Crippen molar-refractivity contribution in [1.29, 1.82) is 0 Å². The average molecular weight is 377 g/mol. The summed E-state index contributed by atoms with van der Waals surface area (Å²) in [5, 5.41) is 3.23. The second-order valence-electron chi connectivity index (χ2n) is 5.58. The molecule has 1 aliphatic rings. The fraction of sp³-hybridized carbons (Fsp3) is 0.294. The molecule has 26 heavy (non-hydrogen) atoms. The van der Waals surface area contributed by atoms with E-state index < -0.39 is 0 Å². The molecule has 0 unspecified atom stereocenters. The molecule has 0 bridgehead atoms. The number of nitrogen functional groups attached to an aromatic ring is 1. The van der Waals surface area contributed by atoms with Gasteiger partial charge in [-0.2, -0.15) is 0 Å². The summed E-state index contributed by atoms with van der Waals surface area (Å²) in [4.78, 5) is 10.7. The van der Waals surface area contributed by atoms with E-state index >= 15 is 0 Å². The van der Waals surface area contributed by atoms with E-state index in [1.54, 1.807) is 13.2 Å². The number of nitrogens with zero attached hydrogens (tertiary/aromatic N) is 3. The van der Waals surface area contributed by atoms with Crippen LogP contribution in [0.25, 0.3) is 5.76 Å². The Bertz CT molecular complexity index is 808. The van der Waals surface area contributed by atoms with Gasteiger partial charge in [0.25, 0.3) is 0 Å². The maximum absolute atomic E-state index is 6.34. The van der Waals surface area contributed by atoms with Gasteiger partial charge in [0.1, 0.15) is 16.5 Å². The molecule has 0 spiro atoms. The summed E-state index contributed by atoms with van der Waals surface area (Å²) in [5.74, 6) is 0.992. The Kier molecular flexibility index (Phi) is 5.65. The summed E-state index contributed by atoms with van der Waals surface area (Å²) in [5.41, 5.74) is 13.7. The lowest BCUT2D eigenvalue weighted by molar-refractivity contribution is 0.122. The third kappa shape index (κ3) is 3.76. The third-order valence-corrected chi connectivity index (χ3v) is 4.38. The maximum atomic E-state index is 6.34. The predicted octanol–water partition coefficient (Wildman–Crippen LogP) is 1.93. The van der Waals surface area contributed by atoms with Gasteiger partial charge in [-0.25, -0.2) is 4.98 Å². The van der Waals surface area contributed by atoms with Crippen LogP contribution in [0.15, 0.2) is 30.7 Å². The van der Waals surface area contributed by atoms with Crippen LogP contribution in [0.5, 0.6) is 5.75 Å². The van der Waals surface area contributed by atoms with Crippen LogP contribution < -0.4 is 26.4 Å². The van der Waals surface area contributed by atoms with Crippen LogP contribution in [0.4, 0.5) is 17.2 Å². The van der Waals surface area contributed by atoms with E-state index in [9.17, 15) is 0 Å². The molecule has 1 aliphatic heterocycles. The SMILES string of the molecule is CNc1c(N)ncc(O/C(=C/N)c2cc(N3CCOCC3)ccn2)c1Cl. The third-order valence-electron chi connectivity index (χ3n) is 4.01. The fourth-order valence-corrected chi connectivity index (χ4v) is 2.94. The summed E-state index contributed by atoms with van der Waals surface area (Å²) in [6.45, 7) is 3.05. The molecule has 0 amide bonds. The smallest absolute Gasteiger partial charge is 0.168 e. The number of halogens is 1. The summed E-state index contributed by atoms with van der Waals surface area (Å²) >= 11 is 6.34. The topological polar surface area (TPSA) is 112 Å². The molecule has 8 nitrogen and oxygen atoms in total. The molecule has 9 heteroatoms.